The minimum Gasteiger partial charge on any atom is -0.492 e. The highest BCUT2D eigenvalue weighted by atomic mass is 35.5. The summed E-state index contributed by atoms with van der Waals surface area (Å²) in [5.41, 5.74) is 0.135. The third-order valence-corrected chi connectivity index (χ3v) is 6.25. The van der Waals surface area contributed by atoms with Crippen molar-refractivity contribution in [3.63, 3.8) is 0 Å². The predicted molar refractivity (Wildman–Crippen MR) is 143 cm³/mol. The molecule has 0 unspecified atom stereocenters. The molecule has 1 N–H and O–H groups in total. The summed E-state index contributed by atoms with van der Waals surface area (Å²) in [5.74, 6) is 0.565. The maximum absolute atomic E-state index is 13.6. The van der Waals surface area contributed by atoms with Gasteiger partial charge in [0.1, 0.15) is 18.1 Å². The molecule has 0 spiro atoms. The number of likely N-dealkylation sites (tertiary alicyclic amines) is 1. The standard InChI is InChI=1S/C27H34ClN5O3/c1-27(2,3)31-23(34)18-33-25(19-9-7-10-20(28)15-19)30-24-22(26(33)35)16-21(17-29-24)36-14-8-13-32-11-5-4-6-12-32/h7,9-10,15-17H,4-6,8,11-14,18H2,1-3H3,(H,31,34). The highest BCUT2D eigenvalue weighted by Crippen LogP contribution is 2.23. The lowest BCUT2D eigenvalue weighted by atomic mass is 10.1. The van der Waals surface area contributed by atoms with Gasteiger partial charge in [-0.15, -0.1) is 0 Å². The van der Waals surface area contributed by atoms with E-state index in [9.17, 15) is 9.59 Å². The number of nitrogens with zero attached hydrogens (tertiary/aromatic N) is 4. The molecule has 1 aromatic carbocycles. The Hall–Kier alpha value is -2.97. The summed E-state index contributed by atoms with van der Waals surface area (Å²) in [6, 6.07) is 8.71. The Morgan fingerprint density at radius 3 is 2.67 bits per heavy atom. The molecule has 1 fully saturated rings. The summed E-state index contributed by atoms with van der Waals surface area (Å²) in [6.45, 7) is 9.35. The summed E-state index contributed by atoms with van der Waals surface area (Å²) in [6.07, 6.45) is 6.34. The van der Waals surface area contributed by atoms with E-state index < -0.39 is 5.54 Å². The molecule has 0 aliphatic carbocycles. The molecule has 9 heteroatoms. The van der Waals surface area contributed by atoms with E-state index in [-0.39, 0.29) is 18.0 Å². The van der Waals surface area contributed by atoms with Gasteiger partial charge in [0.15, 0.2) is 5.65 Å². The maximum atomic E-state index is 13.6. The number of carbonyl (C=O) groups excluding carboxylic acids is 1. The van der Waals surface area contributed by atoms with E-state index in [1.165, 1.54) is 23.8 Å². The van der Waals surface area contributed by atoms with E-state index in [4.69, 9.17) is 16.3 Å². The van der Waals surface area contributed by atoms with Crippen LogP contribution in [0.5, 0.6) is 5.75 Å². The molecule has 36 heavy (non-hydrogen) atoms. The fraction of sp³-hybridized carbons (Fsp3) is 0.481. The van der Waals surface area contributed by atoms with Crippen LogP contribution in [-0.4, -0.2) is 57.1 Å². The van der Waals surface area contributed by atoms with E-state index in [0.29, 0.717) is 39.8 Å². The molecule has 1 saturated heterocycles. The Kier molecular flexibility index (Phi) is 8.26. The number of hydrogen-bond acceptors (Lipinski definition) is 6. The Morgan fingerprint density at radius 2 is 1.94 bits per heavy atom. The first-order valence-corrected chi connectivity index (χ1v) is 12.9. The summed E-state index contributed by atoms with van der Waals surface area (Å²) in [5, 5.41) is 3.72. The molecule has 0 atom stereocenters. The van der Waals surface area contributed by atoms with Gasteiger partial charge in [-0.3, -0.25) is 14.2 Å². The van der Waals surface area contributed by atoms with Crippen LogP contribution in [-0.2, 0) is 11.3 Å². The zero-order valence-corrected chi connectivity index (χ0v) is 22.0. The molecule has 192 valence electrons. The van der Waals surface area contributed by atoms with Crippen LogP contribution in [0, 0.1) is 0 Å². The fourth-order valence-corrected chi connectivity index (χ4v) is 4.61. The van der Waals surface area contributed by atoms with Crippen molar-refractivity contribution in [3.8, 4) is 17.1 Å². The van der Waals surface area contributed by atoms with Crippen LogP contribution >= 0.6 is 11.6 Å². The van der Waals surface area contributed by atoms with Gasteiger partial charge in [0.2, 0.25) is 5.91 Å². The minimum absolute atomic E-state index is 0.179. The zero-order valence-electron chi connectivity index (χ0n) is 21.2. The van der Waals surface area contributed by atoms with E-state index in [2.05, 4.69) is 20.2 Å². The number of pyridine rings is 1. The minimum atomic E-state index is -0.433. The lowest BCUT2D eigenvalue weighted by Crippen LogP contribution is -2.43. The Bertz CT molecular complexity index is 1280. The zero-order chi connectivity index (χ0) is 25.7. The van der Waals surface area contributed by atoms with E-state index in [1.807, 2.05) is 20.8 Å². The van der Waals surface area contributed by atoms with Crippen molar-refractivity contribution in [2.24, 2.45) is 0 Å². The molecule has 8 nitrogen and oxygen atoms in total. The number of nitrogens with one attached hydrogen (secondary N) is 1. The number of piperidine rings is 1. The quantitative estimate of drug-likeness (QED) is 0.454. The molecule has 3 heterocycles. The van der Waals surface area contributed by atoms with Crippen molar-refractivity contribution in [1.82, 2.24) is 24.8 Å². The smallest absolute Gasteiger partial charge is 0.263 e. The van der Waals surface area contributed by atoms with Crippen molar-refractivity contribution >= 4 is 28.5 Å². The largest absolute Gasteiger partial charge is 0.492 e. The molecule has 0 bridgehead atoms. The number of rotatable bonds is 8. The first-order chi connectivity index (χ1) is 17.2. The third kappa shape index (κ3) is 6.83. The number of aromatic nitrogens is 3. The van der Waals surface area contributed by atoms with Gasteiger partial charge in [-0.1, -0.05) is 30.2 Å². The fourth-order valence-electron chi connectivity index (χ4n) is 4.42. The van der Waals surface area contributed by atoms with Crippen LogP contribution in [0.15, 0.2) is 41.3 Å². The van der Waals surface area contributed by atoms with Gasteiger partial charge in [0, 0.05) is 22.7 Å². The monoisotopic (exact) mass is 511 g/mol. The molecule has 1 aliphatic rings. The topological polar surface area (TPSA) is 89.3 Å². The number of benzene rings is 1. The first kappa shape index (κ1) is 26.1. The third-order valence-electron chi connectivity index (χ3n) is 6.02. The number of hydrogen-bond donors (Lipinski definition) is 1. The Balaban J connectivity index is 1.61. The normalized spacial score (nSPS) is 14.7. The molecule has 2 aromatic heterocycles. The van der Waals surface area contributed by atoms with E-state index in [0.717, 1.165) is 26.1 Å². The second-order valence-corrected chi connectivity index (χ2v) is 10.7. The second-order valence-electron chi connectivity index (χ2n) is 10.3. The molecule has 3 aromatic rings. The molecular weight excluding hydrogens is 478 g/mol. The van der Waals surface area contributed by atoms with Gasteiger partial charge in [0.05, 0.1) is 18.2 Å². The van der Waals surface area contributed by atoms with Gasteiger partial charge in [-0.05, 0) is 71.3 Å². The van der Waals surface area contributed by atoms with Crippen molar-refractivity contribution in [3.05, 3.63) is 51.9 Å². The highest BCUT2D eigenvalue weighted by molar-refractivity contribution is 6.30. The Morgan fingerprint density at radius 1 is 1.17 bits per heavy atom. The van der Waals surface area contributed by atoms with Gasteiger partial charge in [-0.25, -0.2) is 9.97 Å². The average Bonchev–Trinajstić information content (AvgIpc) is 2.83. The highest BCUT2D eigenvalue weighted by Gasteiger charge is 2.20. The van der Waals surface area contributed by atoms with Crippen LogP contribution in [0.2, 0.25) is 5.02 Å². The molecule has 0 saturated carbocycles. The summed E-state index contributed by atoms with van der Waals surface area (Å²) >= 11 is 6.20. The van der Waals surface area contributed by atoms with Gasteiger partial charge in [-0.2, -0.15) is 0 Å². The van der Waals surface area contributed by atoms with E-state index >= 15 is 0 Å². The maximum Gasteiger partial charge on any atom is 0.263 e. The SMILES string of the molecule is CC(C)(C)NC(=O)Cn1c(-c2cccc(Cl)c2)nc2ncc(OCCCN3CCCCC3)cc2c1=O. The van der Waals surface area contributed by atoms with Crippen molar-refractivity contribution in [1.29, 1.82) is 0 Å². The Labute approximate surface area is 216 Å². The number of fused-ring (bicyclic) bond motifs is 1. The van der Waals surface area contributed by atoms with Crippen LogP contribution in [0.4, 0.5) is 0 Å². The van der Waals surface area contributed by atoms with Crippen molar-refractivity contribution in [2.45, 2.75) is 58.5 Å². The molecule has 4 rings (SSSR count). The molecule has 0 radical (unpaired) electrons. The number of halogens is 1. The van der Waals surface area contributed by atoms with Crippen LogP contribution in [0.3, 0.4) is 0 Å². The summed E-state index contributed by atoms with van der Waals surface area (Å²) in [4.78, 5) is 37.9. The molecule has 1 amide bonds. The summed E-state index contributed by atoms with van der Waals surface area (Å²) < 4.78 is 7.29. The lowest BCUT2D eigenvalue weighted by Gasteiger charge is -2.26. The molecule has 1 aliphatic heterocycles. The van der Waals surface area contributed by atoms with Gasteiger partial charge < -0.3 is 15.0 Å². The van der Waals surface area contributed by atoms with Gasteiger partial charge >= 0.3 is 0 Å². The number of amides is 1. The van der Waals surface area contributed by atoms with Crippen molar-refractivity contribution in [2.75, 3.05) is 26.2 Å². The predicted octanol–water partition coefficient (Wildman–Crippen LogP) is 4.28. The molecular formula is C27H34ClN5O3. The van der Waals surface area contributed by atoms with Gasteiger partial charge in [0.25, 0.3) is 5.56 Å². The van der Waals surface area contributed by atoms with Crippen LogP contribution in [0.1, 0.15) is 46.5 Å². The average molecular weight is 512 g/mol. The van der Waals surface area contributed by atoms with E-state index in [1.54, 1.807) is 36.5 Å². The van der Waals surface area contributed by atoms with Crippen LogP contribution in [0.25, 0.3) is 22.4 Å². The number of carbonyl (C=O) groups is 1. The lowest BCUT2D eigenvalue weighted by molar-refractivity contribution is -0.123. The van der Waals surface area contributed by atoms with Crippen molar-refractivity contribution < 1.29 is 9.53 Å². The first-order valence-electron chi connectivity index (χ1n) is 12.5. The number of ether oxygens (including phenoxy) is 1. The summed E-state index contributed by atoms with van der Waals surface area (Å²) in [7, 11) is 0. The van der Waals surface area contributed by atoms with Crippen LogP contribution < -0.4 is 15.6 Å². The second kappa shape index (κ2) is 11.4.